The van der Waals surface area contributed by atoms with Crippen LogP contribution >= 0.6 is 24.0 Å². The summed E-state index contributed by atoms with van der Waals surface area (Å²) in [6.07, 6.45) is 7.54. The van der Waals surface area contributed by atoms with Gasteiger partial charge in [-0.25, -0.2) is 0 Å². The molecule has 3 rings (SSSR count). The molecule has 1 fully saturated rings. The lowest BCUT2D eigenvalue weighted by Gasteiger charge is -2.33. The summed E-state index contributed by atoms with van der Waals surface area (Å²) in [7, 11) is 1.80. The molecule has 1 aliphatic rings. The fourth-order valence-corrected chi connectivity index (χ4v) is 3.70. The van der Waals surface area contributed by atoms with E-state index in [-0.39, 0.29) is 30.0 Å². The Bertz CT molecular complexity index is 713. The molecule has 0 amide bonds. The maximum absolute atomic E-state index is 9.35. The van der Waals surface area contributed by atoms with E-state index in [2.05, 4.69) is 26.6 Å². The summed E-state index contributed by atoms with van der Waals surface area (Å²) < 4.78 is 5.71. The number of guanidine groups is 1. The summed E-state index contributed by atoms with van der Waals surface area (Å²) in [6.45, 7) is 3.85. The van der Waals surface area contributed by atoms with Crippen LogP contribution in [0, 0.1) is 0 Å². The lowest BCUT2D eigenvalue weighted by molar-refractivity contribution is 0.146. The van der Waals surface area contributed by atoms with Crippen molar-refractivity contribution in [2.75, 3.05) is 33.2 Å². The van der Waals surface area contributed by atoms with Crippen molar-refractivity contribution in [2.45, 2.75) is 38.1 Å². The fraction of sp³-hybridized carbons (Fsp3) is 0.500. The van der Waals surface area contributed by atoms with Crippen LogP contribution in [0.25, 0.3) is 0 Å². The van der Waals surface area contributed by atoms with Gasteiger partial charge in [0.1, 0.15) is 11.5 Å². The smallest absolute Gasteiger partial charge is 0.191 e. The third-order valence-corrected chi connectivity index (χ3v) is 5.26. The van der Waals surface area contributed by atoms with Crippen LogP contribution in [0.15, 0.2) is 52.1 Å². The molecule has 1 saturated heterocycles. The molecule has 1 atom stereocenters. The minimum absolute atomic E-state index is 0. The Hall–Kier alpha value is -1.74. The van der Waals surface area contributed by atoms with E-state index in [1.54, 1.807) is 25.4 Å². The van der Waals surface area contributed by atoms with Gasteiger partial charge in [0, 0.05) is 20.1 Å². The van der Waals surface area contributed by atoms with Crippen molar-refractivity contribution in [1.82, 2.24) is 15.5 Å². The second-order valence-electron chi connectivity index (χ2n) is 7.28. The van der Waals surface area contributed by atoms with Crippen molar-refractivity contribution in [3.05, 3.63) is 54.0 Å². The molecule has 160 valence electrons. The van der Waals surface area contributed by atoms with E-state index in [0.29, 0.717) is 5.75 Å². The summed E-state index contributed by atoms with van der Waals surface area (Å²) in [6, 6.07) is 11.7. The van der Waals surface area contributed by atoms with Gasteiger partial charge >= 0.3 is 0 Å². The van der Waals surface area contributed by atoms with E-state index in [1.165, 1.54) is 24.8 Å². The molecule has 2 aromatic rings. The number of hydrogen-bond acceptors (Lipinski definition) is 4. The molecule has 1 aliphatic heterocycles. The molecule has 7 heteroatoms. The Labute approximate surface area is 190 Å². The number of halogens is 1. The molecule has 0 bridgehead atoms. The van der Waals surface area contributed by atoms with Crippen molar-refractivity contribution in [1.29, 1.82) is 0 Å². The summed E-state index contributed by atoms with van der Waals surface area (Å²) in [5, 5.41) is 16.2. The van der Waals surface area contributed by atoms with E-state index in [0.717, 1.165) is 50.7 Å². The number of aromatic hydroxyl groups is 1. The van der Waals surface area contributed by atoms with Gasteiger partial charge in [-0.2, -0.15) is 0 Å². The summed E-state index contributed by atoms with van der Waals surface area (Å²) in [5.74, 6) is 2.14. The van der Waals surface area contributed by atoms with E-state index in [4.69, 9.17) is 4.42 Å². The standard InChI is InChI=1S/C22H32N4O2.HI/c1-23-22(24-13-5-7-18-9-11-19(27)12-10-18)25-17-20(21-8-6-16-28-21)26-14-3-2-4-15-26;/h6,8-12,16,20,27H,2-5,7,13-15,17H2,1H3,(H2,23,24,25);1H. The highest BCUT2D eigenvalue weighted by Gasteiger charge is 2.24. The molecule has 1 unspecified atom stereocenters. The van der Waals surface area contributed by atoms with Crippen LogP contribution < -0.4 is 10.6 Å². The Morgan fingerprint density at radius 2 is 1.90 bits per heavy atom. The topological polar surface area (TPSA) is 73.0 Å². The number of rotatable bonds is 8. The Morgan fingerprint density at radius 1 is 1.14 bits per heavy atom. The van der Waals surface area contributed by atoms with Gasteiger partial charge in [-0.3, -0.25) is 9.89 Å². The number of phenols is 1. The molecular weight excluding hydrogens is 479 g/mol. The lowest BCUT2D eigenvalue weighted by Crippen LogP contribution is -2.44. The number of aliphatic imine (C=N–C) groups is 1. The first-order chi connectivity index (χ1) is 13.8. The van der Waals surface area contributed by atoms with Gasteiger partial charge in [-0.05, 0) is 68.6 Å². The fourth-order valence-electron chi connectivity index (χ4n) is 3.70. The Morgan fingerprint density at radius 3 is 2.55 bits per heavy atom. The highest BCUT2D eigenvalue weighted by molar-refractivity contribution is 14.0. The van der Waals surface area contributed by atoms with E-state index in [1.807, 2.05) is 18.2 Å². The number of aryl methyl sites for hydroxylation is 1. The van der Waals surface area contributed by atoms with Crippen molar-refractivity contribution in [3.8, 4) is 5.75 Å². The number of phenolic OH excluding ortho intramolecular Hbond substituents is 1. The highest BCUT2D eigenvalue weighted by Crippen LogP contribution is 2.24. The van der Waals surface area contributed by atoms with Gasteiger partial charge in [0.05, 0.1) is 12.3 Å². The quantitative estimate of drug-likeness (QED) is 0.217. The number of hydrogen-bond donors (Lipinski definition) is 3. The van der Waals surface area contributed by atoms with Gasteiger partial charge < -0.3 is 20.2 Å². The third-order valence-electron chi connectivity index (χ3n) is 5.26. The van der Waals surface area contributed by atoms with E-state index >= 15 is 0 Å². The molecule has 0 saturated carbocycles. The molecule has 1 aromatic heterocycles. The van der Waals surface area contributed by atoms with Gasteiger partial charge in [-0.15, -0.1) is 24.0 Å². The predicted octanol–water partition coefficient (Wildman–Crippen LogP) is 3.93. The predicted molar refractivity (Wildman–Crippen MR) is 128 cm³/mol. The van der Waals surface area contributed by atoms with Crippen LogP contribution in [0.2, 0.25) is 0 Å². The molecule has 3 N–H and O–H groups in total. The van der Waals surface area contributed by atoms with Crippen molar-refractivity contribution in [2.24, 2.45) is 4.99 Å². The average Bonchev–Trinajstić information content (AvgIpc) is 3.26. The summed E-state index contributed by atoms with van der Waals surface area (Å²) >= 11 is 0. The Kier molecular flexibility index (Phi) is 10.3. The maximum atomic E-state index is 9.35. The monoisotopic (exact) mass is 512 g/mol. The number of furan rings is 1. The normalized spacial score (nSPS) is 16.1. The number of nitrogens with zero attached hydrogens (tertiary/aromatic N) is 2. The van der Waals surface area contributed by atoms with Crippen molar-refractivity contribution >= 4 is 29.9 Å². The van der Waals surface area contributed by atoms with Gasteiger partial charge in [0.25, 0.3) is 0 Å². The zero-order valence-corrected chi connectivity index (χ0v) is 19.5. The Balaban J connectivity index is 0.00000300. The van der Waals surface area contributed by atoms with E-state index < -0.39 is 0 Å². The van der Waals surface area contributed by atoms with Crippen molar-refractivity contribution in [3.63, 3.8) is 0 Å². The van der Waals surface area contributed by atoms with Crippen LogP contribution in [0.4, 0.5) is 0 Å². The van der Waals surface area contributed by atoms with Crippen molar-refractivity contribution < 1.29 is 9.52 Å². The van der Waals surface area contributed by atoms with E-state index in [9.17, 15) is 5.11 Å². The minimum atomic E-state index is 0. The number of benzene rings is 1. The largest absolute Gasteiger partial charge is 0.508 e. The SMILES string of the molecule is CN=C(NCCCc1ccc(O)cc1)NCC(c1ccco1)N1CCCCC1.I. The molecule has 29 heavy (non-hydrogen) atoms. The first-order valence-electron chi connectivity index (χ1n) is 10.3. The molecule has 2 heterocycles. The van der Waals surface area contributed by atoms with Gasteiger partial charge in [-0.1, -0.05) is 18.6 Å². The average molecular weight is 512 g/mol. The van der Waals surface area contributed by atoms with Crippen LogP contribution in [0.5, 0.6) is 5.75 Å². The number of likely N-dealkylation sites (tertiary alicyclic amines) is 1. The first-order valence-corrected chi connectivity index (χ1v) is 10.3. The second kappa shape index (κ2) is 12.7. The molecule has 1 aromatic carbocycles. The van der Waals surface area contributed by atoms with Crippen LogP contribution in [0.1, 0.15) is 43.0 Å². The number of piperidine rings is 1. The second-order valence-corrected chi connectivity index (χ2v) is 7.28. The molecular formula is C22H33IN4O2. The van der Waals surface area contributed by atoms with Crippen LogP contribution in [0.3, 0.4) is 0 Å². The molecule has 6 nitrogen and oxygen atoms in total. The third kappa shape index (κ3) is 7.54. The first kappa shape index (κ1) is 23.5. The molecule has 0 aliphatic carbocycles. The number of nitrogens with one attached hydrogen (secondary N) is 2. The zero-order chi connectivity index (χ0) is 19.6. The zero-order valence-electron chi connectivity index (χ0n) is 17.1. The minimum Gasteiger partial charge on any atom is -0.508 e. The highest BCUT2D eigenvalue weighted by atomic mass is 127. The molecule has 0 radical (unpaired) electrons. The lowest BCUT2D eigenvalue weighted by atomic mass is 10.1. The van der Waals surface area contributed by atoms with Gasteiger partial charge in [0.2, 0.25) is 0 Å². The maximum Gasteiger partial charge on any atom is 0.191 e. The van der Waals surface area contributed by atoms with Crippen LogP contribution in [-0.4, -0.2) is 49.2 Å². The van der Waals surface area contributed by atoms with Gasteiger partial charge in [0.15, 0.2) is 5.96 Å². The summed E-state index contributed by atoms with van der Waals surface area (Å²) in [4.78, 5) is 6.86. The summed E-state index contributed by atoms with van der Waals surface area (Å²) in [5.41, 5.74) is 1.23. The molecule has 0 spiro atoms. The van der Waals surface area contributed by atoms with Crippen LogP contribution in [-0.2, 0) is 6.42 Å².